The minimum Gasteiger partial charge on any atom is -0.310 e. The van der Waals surface area contributed by atoms with Crippen molar-refractivity contribution in [3.05, 3.63) is 411 Å². The van der Waals surface area contributed by atoms with E-state index in [0.29, 0.717) is 0 Å². The van der Waals surface area contributed by atoms with Crippen molar-refractivity contribution >= 4 is 51.2 Å². The molecular formula is C113H97N3. The number of hydrogen-bond donors (Lipinski definition) is 0. The van der Waals surface area contributed by atoms with Gasteiger partial charge in [0.2, 0.25) is 0 Å². The van der Waals surface area contributed by atoms with Crippen LogP contribution in [0, 0.1) is 0 Å². The molecule has 7 aliphatic carbocycles. The van der Waals surface area contributed by atoms with E-state index in [9.17, 15) is 0 Å². The third kappa shape index (κ3) is 9.66. The van der Waals surface area contributed by atoms with Gasteiger partial charge >= 0.3 is 0 Å². The molecule has 0 amide bonds. The third-order valence-corrected chi connectivity index (χ3v) is 29.6. The van der Waals surface area contributed by atoms with Crippen LogP contribution in [-0.4, -0.2) is 0 Å². The topological polar surface area (TPSA) is 9.72 Å². The first-order chi connectivity index (χ1) is 55.8. The van der Waals surface area contributed by atoms with E-state index in [-0.39, 0.29) is 32.5 Å². The third-order valence-electron chi connectivity index (χ3n) is 29.6. The van der Waals surface area contributed by atoms with Gasteiger partial charge in [-0.1, -0.05) is 309 Å². The fourth-order valence-corrected chi connectivity index (χ4v) is 23.3. The number of rotatable bonds is 11. The zero-order valence-electron chi connectivity index (χ0n) is 69.1. The summed E-state index contributed by atoms with van der Waals surface area (Å²) in [4.78, 5) is 7.66. The predicted molar refractivity (Wildman–Crippen MR) is 486 cm³/mol. The highest BCUT2D eigenvalue weighted by Crippen LogP contribution is 2.62. The molecule has 15 aromatic rings. The molecule has 0 aliphatic heterocycles. The first-order valence-corrected chi connectivity index (χ1v) is 42.0. The summed E-state index contributed by atoms with van der Waals surface area (Å²) in [6.45, 7) is 33.9. The lowest BCUT2D eigenvalue weighted by atomic mass is 9.72. The van der Waals surface area contributed by atoms with E-state index < -0.39 is 10.8 Å². The van der Waals surface area contributed by atoms with Gasteiger partial charge in [0, 0.05) is 94.5 Å². The fraction of sp³-hybridized carbons (Fsp3) is 0.204. The average molecular weight is 1500 g/mol. The molecule has 116 heavy (non-hydrogen) atoms. The highest BCUT2D eigenvalue weighted by atomic mass is 15.2. The minimum atomic E-state index is -0.487. The Kier molecular flexibility index (Phi) is 14.6. The number of anilines is 9. The van der Waals surface area contributed by atoms with E-state index in [0.717, 1.165) is 57.6 Å². The predicted octanol–water partition coefficient (Wildman–Crippen LogP) is 29.9. The Labute approximate surface area is 685 Å². The molecular weight excluding hydrogens is 1400 g/mol. The molecule has 0 saturated carbocycles. The summed E-state index contributed by atoms with van der Waals surface area (Å²) in [5.74, 6) is 0. The normalized spacial score (nSPS) is 18.7. The van der Waals surface area contributed by atoms with Gasteiger partial charge in [-0.3, -0.25) is 0 Å². The second kappa shape index (κ2) is 24.2. The molecule has 2 unspecified atom stereocenters. The highest BCUT2D eigenvalue weighted by Gasteiger charge is 2.51. The maximum Gasteiger partial charge on any atom is 0.0465 e. The van der Waals surface area contributed by atoms with Crippen LogP contribution < -0.4 is 14.7 Å². The van der Waals surface area contributed by atoms with E-state index in [1.54, 1.807) is 0 Å². The van der Waals surface area contributed by atoms with Crippen LogP contribution in [0.5, 0.6) is 0 Å². The van der Waals surface area contributed by atoms with Gasteiger partial charge in [-0.25, -0.2) is 0 Å². The Bertz CT molecular complexity index is 6410. The molecule has 3 nitrogen and oxygen atoms in total. The summed E-state index contributed by atoms with van der Waals surface area (Å²) in [6, 6.07) is 125. The molecule has 2 atom stereocenters. The van der Waals surface area contributed by atoms with Gasteiger partial charge in [0.15, 0.2) is 0 Å². The molecule has 15 aromatic carbocycles. The van der Waals surface area contributed by atoms with Crippen LogP contribution >= 0.6 is 0 Å². The molecule has 3 heteroatoms. The van der Waals surface area contributed by atoms with Crippen LogP contribution in [-0.2, 0) is 43.3 Å². The van der Waals surface area contributed by atoms with E-state index in [1.165, 1.54) is 156 Å². The van der Waals surface area contributed by atoms with E-state index in [1.807, 2.05) is 0 Å². The van der Waals surface area contributed by atoms with Gasteiger partial charge in [0.1, 0.15) is 0 Å². The summed E-state index contributed by atoms with van der Waals surface area (Å²) in [7, 11) is 0. The summed E-state index contributed by atoms with van der Waals surface area (Å²) in [5.41, 5.74) is 45.7. The molecule has 22 rings (SSSR count). The number of fused-ring (bicyclic) bond motifs is 19. The van der Waals surface area contributed by atoms with Crippen LogP contribution in [0.1, 0.15) is 192 Å². The van der Waals surface area contributed by atoms with Crippen molar-refractivity contribution in [3.8, 4) is 66.8 Å². The zero-order chi connectivity index (χ0) is 79.3. The van der Waals surface area contributed by atoms with E-state index in [2.05, 4.69) is 433 Å². The number of hydrogen-bond acceptors (Lipinski definition) is 3. The average Bonchev–Trinajstić information content (AvgIpc) is 1.53. The maximum absolute atomic E-state index is 2.60. The lowest BCUT2D eigenvalue weighted by Crippen LogP contribution is -2.26. The van der Waals surface area contributed by atoms with Crippen LogP contribution in [0.15, 0.2) is 322 Å². The van der Waals surface area contributed by atoms with Crippen molar-refractivity contribution in [2.75, 3.05) is 14.7 Å². The minimum absolute atomic E-state index is 0.178. The summed E-state index contributed by atoms with van der Waals surface area (Å²) < 4.78 is 0. The Morgan fingerprint density at radius 1 is 0.155 bits per heavy atom. The second-order valence-electron chi connectivity index (χ2n) is 38.1. The molecule has 0 spiro atoms. The number of benzene rings is 15. The first kappa shape index (κ1) is 70.3. The van der Waals surface area contributed by atoms with Gasteiger partial charge in [-0.05, 0) is 271 Å². The quantitative estimate of drug-likeness (QED) is 0.128. The molecule has 0 fully saturated rings. The van der Waals surface area contributed by atoms with Gasteiger partial charge in [-0.2, -0.15) is 0 Å². The largest absolute Gasteiger partial charge is 0.310 e. The van der Waals surface area contributed by atoms with Crippen molar-refractivity contribution in [3.63, 3.8) is 0 Å². The molecule has 0 N–H and O–H groups in total. The van der Waals surface area contributed by atoms with E-state index >= 15 is 0 Å². The van der Waals surface area contributed by atoms with Gasteiger partial charge < -0.3 is 14.7 Å². The highest BCUT2D eigenvalue weighted by molar-refractivity contribution is 5.94. The Hall–Kier alpha value is -12.3. The first-order valence-electron chi connectivity index (χ1n) is 42.0. The Morgan fingerprint density at radius 2 is 0.328 bits per heavy atom. The Morgan fingerprint density at radius 3 is 0.560 bits per heavy atom. The standard InChI is InChI=1S/C113H97N3/c1-106(2)92-33-21-15-27-80(92)86-54-47-73(61-99(86)106)114(74-48-55-87-81-28-16-22-34-93(81)107(3,4)100(87)62-74)71-43-39-69(40-44-71)112(13)68-113(14,70-41-45-72(46-42-70)115(75-49-56-88-82-29-17-23-35-94(82)108(5,6)101(88)63-75)76-50-57-89-83-30-18-24-36-95(83)109(7,8)102(89)64-76)105-67-79(53-60-98(105)112)116(77-51-58-90-84-31-19-25-37-96(84)110(9,10)103(90)65-77)78-52-59-91-85-32-20-26-38-97(85)111(11,12)104(91)66-78/h15-67H,68H2,1-14H3. The van der Waals surface area contributed by atoms with Crippen molar-refractivity contribution in [1.82, 2.24) is 0 Å². The van der Waals surface area contributed by atoms with Crippen molar-refractivity contribution in [1.29, 1.82) is 0 Å². The van der Waals surface area contributed by atoms with Crippen LogP contribution in [0.2, 0.25) is 0 Å². The Balaban J connectivity index is 0.717. The van der Waals surface area contributed by atoms with Crippen LogP contribution in [0.3, 0.4) is 0 Å². The SMILES string of the molecule is CC1(C)c2ccccc2-c2ccc(N(c3ccc(C4(C)CC(C)(c5ccc(N(c6ccc7c(c6)C(C)(C)c6ccccc6-7)c6ccc7c(c6)C(C)(C)c6ccccc6-7)cc5)c5cc(N(c6ccc7c(c6)C(C)(C)c6ccccc6-7)c6ccc7c(c6)C(C)(C)c6ccccc6-7)ccc54)cc3)c3ccc4c(c3)C(C)(C)c3ccccc3-4)cc21. The van der Waals surface area contributed by atoms with E-state index in [4.69, 9.17) is 0 Å². The van der Waals surface area contributed by atoms with Crippen LogP contribution in [0.25, 0.3) is 66.8 Å². The second-order valence-corrected chi connectivity index (χ2v) is 38.1. The molecule has 0 heterocycles. The lowest BCUT2D eigenvalue weighted by Gasteiger charge is -2.33. The van der Waals surface area contributed by atoms with Crippen LogP contribution in [0.4, 0.5) is 51.2 Å². The molecule has 0 radical (unpaired) electrons. The summed E-state index contributed by atoms with van der Waals surface area (Å²) in [5, 5.41) is 0. The number of nitrogens with zero attached hydrogens (tertiary/aromatic N) is 3. The van der Waals surface area contributed by atoms with Gasteiger partial charge in [0.25, 0.3) is 0 Å². The van der Waals surface area contributed by atoms with Crippen molar-refractivity contribution in [2.45, 2.75) is 147 Å². The zero-order valence-corrected chi connectivity index (χ0v) is 69.1. The van der Waals surface area contributed by atoms with Crippen molar-refractivity contribution in [2.24, 2.45) is 0 Å². The summed E-state index contributed by atoms with van der Waals surface area (Å²) in [6.07, 6.45) is 0.837. The molecule has 0 saturated heterocycles. The fourth-order valence-electron chi connectivity index (χ4n) is 23.3. The smallest absolute Gasteiger partial charge is 0.0465 e. The molecule has 0 aromatic heterocycles. The van der Waals surface area contributed by atoms with Crippen molar-refractivity contribution < 1.29 is 0 Å². The molecule has 0 bridgehead atoms. The monoisotopic (exact) mass is 1500 g/mol. The maximum atomic E-state index is 2.60. The summed E-state index contributed by atoms with van der Waals surface area (Å²) >= 11 is 0. The van der Waals surface area contributed by atoms with Gasteiger partial charge in [0.05, 0.1) is 0 Å². The van der Waals surface area contributed by atoms with Gasteiger partial charge in [-0.15, -0.1) is 0 Å². The lowest BCUT2D eigenvalue weighted by molar-refractivity contribution is 0.450. The molecule has 564 valence electrons. The molecule has 7 aliphatic rings.